The van der Waals surface area contributed by atoms with Crippen LogP contribution in [0.15, 0.2) is 18.2 Å². The smallest absolute Gasteiger partial charge is 0.329 e. The molecule has 2 rings (SSSR count). The number of carbonyl (C=O) groups excluding carboxylic acids is 1. The van der Waals surface area contributed by atoms with Crippen LogP contribution in [-0.2, 0) is 4.79 Å². The van der Waals surface area contributed by atoms with E-state index >= 15 is 0 Å². The van der Waals surface area contributed by atoms with Crippen molar-refractivity contribution in [3.8, 4) is 0 Å². The molecule has 0 radical (unpaired) electrons. The normalized spacial score (nSPS) is 16.1. The van der Waals surface area contributed by atoms with Gasteiger partial charge in [-0.3, -0.25) is 14.9 Å². The van der Waals surface area contributed by atoms with Crippen molar-refractivity contribution in [3.63, 3.8) is 0 Å². The summed E-state index contributed by atoms with van der Waals surface area (Å²) in [5, 5.41) is 22.0. The molecule has 0 unspecified atom stereocenters. The average Bonchev–Trinajstić information content (AvgIpc) is 2.33. The number of hydrogen-bond acceptors (Lipinski definition) is 4. The van der Waals surface area contributed by atoms with Crippen molar-refractivity contribution < 1.29 is 24.0 Å². The van der Waals surface area contributed by atoms with Crippen molar-refractivity contribution in [2.24, 2.45) is 0 Å². The molecule has 1 amide bonds. The van der Waals surface area contributed by atoms with Gasteiger partial charge in [0.1, 0.15) is 5.54 Å². The lowest BCUT2D eigenvalue weighted by Crippen LogP contribution is -2.59. The van der Waals surface area contributed by atoms with E-state index in [1.165, 1.54) is 0 Å². The van der Waals surface area contributed by atoms with Crippen molar-refractivity contribution >= 4 is 17.6 Å². The highest BCUT2D eigenvalue weighted by molar-refractivity contribution is 5.98. The molecule has 0 saturated heterocycles. The van der Waals surface area contributed by atoms with E-state index in [0.29, 0.717) is 19.3 Å². The number of rotatable bonds is 4. The summed E-state index contributed by atoms with van der Waals surface area (Å²) in [6.07, 6.45) is 1.28. The molecule has 0 bridgehead atoms. The van der Waals surface area contributed by atoms with E-state index in [4.69, 9.17) is 5.11 Å². The van der Waals surface area contributed by atoms with E-state index < -0.39 is 33.8 Å². The molecule has 7 nitrogen and oxygen atoms in total. The largest absolute Gasteiger partial charge is 0.480 e. The molecule has 2 N–H and O–H groups in total. The molecule has 1 fully saturated rings. The predicted molar refractivity (Wildman–Crippen MR) is 64.7 cm³/mol. The number of benzene rings is 1. The molecule has 1 aliphatic carbocycles. The second kappa shape index (κ2) is 4.87. The minimum absolute atomic E-state index is 0.148. The number of carboxylic acids is 1. The number of nitro groups is 1. The van der Waals surface area contributed by atoms with E-state index in [0.717, 1.165) is 18.2 Å². The first-order valence-corrected chi connectivity index (χ1v) is 5.85. The number of nitrogens with zero attached hydrogens (tertiary/aromatic N) is 1. The molecule has 1 aromatic carbocycles. The lowest BCUT2D eigenvalue weighted by molar-refractivity contribution is -0.387. The molecule has 0 aliphatic heterocycles. The number of hydrogen-bond donors (Lipinski definition) is 2. The van der Waals surface area contributed by atoms with Gasteiger partial charge in [-0.2, -0.15) is 4.39 Å². The first kappa shape index (κ1) is 13.9. The molecule has 20 heavy (non-hydrogen) atoms. The highest BCUT2D eigenvalue weighted by Gasteiger charge is 2.45. The fourth-order valence-electron chi connectivity index (χ4n) is 2.01. The fraction of sp³-hybridized carbons (Fsp3) is 0.333. The number of amides is 1. The van der Waals surface area contributed by atoms with Crippen LogP contribution in [0.3, 0.4) is 0 Å². The summed E-state index contributed by atoms with van der Waals surface area (Å²) in [6.45, 7) is 0. The van der Waals surface area contributed by atoms with E-state index in [1.54, 1.807) is 0 Å². The first-order valence-electron chi connectivity index (χ1n) is 5.85. The Labute approximate surface area is 112 Å². The zero-order chi connectivity index (χ0) is 14.9. The van der Waals surface area contributed by atoms with Crippen LogP contribution in [0, 0.1) is 15.9 Å². The van der Waals surface area contributed by atoms with Gasteiger partial charge >= 0.3 is 11.7 Å². The molecule has 0 atom stereocenters. The van der Waals surface area contributed by atoms with Crippen LogP contribution in [-0.4, -0.2) is 27.4 Å². The Bertz CT molecular complexity index is 598. The molecule has 1 aliphatic rings. The Morgan fingerprint density at radius 1 is 1.40 bits per heavy atom. The Balaban J connectivity index is 2.24. The van der Waals surface area contributed by atoms with Gasteiger partial charge in [0.2, 0.25) is 5.82 Å². The van der Waals surface area contributed by atoms with Crippen LogP contribution >= 0.6 is 0 Å². The van der Waals surface area contributed by atoms with Gasteiger partial charge in [0.05, 0.1) is 4.92 Å². The van der Waals surface area contributed by atoms with Gasteiger partial charge in [-0.15, -0.1) is 0 Å². The average molecular weight is 282 g/mol. The zero-order valence-electron chi connectivity index (χ0n) is 10.3. The second-order valence-corrected chi connectivity index (χ2v) is 4.62. The highest BCUT2D eigenvalue weighted by Crippen LogP contribution is 2.32. The molecule has 0 spiro atoms. The van der Waals surface area contributed by atoms with Gasteiger partial charge < -0.3 is 10.4 Å². The third kappa shape index (κ3) is 2.31. The van der Waals surface area contributed by atoms with Crippen molar-refractivity contribution in [2.45, 2.75) is 24.8 Å². The maximum absolute atomic E-state index is 13.2. The van der Waals surface area contributed by atoms with Crippen molar-refractivity contribution in [1.82, 2.24) is 5.32 Å². The Morgan fingerprint density at radius 2 is 2.05 bits per heavy atom. The van der Waals surface area contributed by atoms with Gasteiger partial charge in [-0.25, -0.2) is 4.79 Å². The summed E-state index contributed by atoms with van der Waals surface area (Å²) >= 11 is 0. The quantitative estimate of drug-likeness (QED) is 0.642. The summed E-state index contributed by atoms with van der Waals surface area (Å²) in [5.41, 5.74) is -2.29. The summed E-state index contributed by atoms with van der Waals surface area (Å²) in [5.74, 6) is -2.97. The minimum Gasteiger partial charge on any atom is -0.480 e. The lowest BCUT2D eigenvalue weighted by atomic mass is 9.76. The maximum atomic E-state index is 13.2. The van der Waals surface area contributed by atoms with Gasteiger partial charge in [-0.05, 0) is 31.4 Å². The van der Waals surface area contributed by atoms with Gasteiger partial charge in [0.15, 0.2) is 0 Å². The van der Waals surface area contributed by atoms with Crippen LogP contribution in [0.5, 0.6) is 0 Å². The molecule has 1 saturated carbocycles. The molecule has 0 aromatic heterocycles. The minimum atomic E-state index is -1.32. The maximum Gasteiger partial charge on any atom is 0.329 e. The van der Waals surface area contributed by atoms with Crippen LogP contribution in [0.2, 0.25) is 0 Å². The summed E-state index contributed by atoms with van der Waals surface area (Å²) in [7, 11) is 0. The molecule has 8 heteroatoms. The van der Waals surface area contributed by atoms with Crippen LogP contribution in [0.4, 0.5) is 10.1 Å². The first-order chi connectivity index (χ1) is 9.35. The Morgan fingerprint density at radius 3 is 2.50 bits per heavy atom. The summed E-state index contributed by atoms with van der Waals surface area (Å²) in [4.78, 5) is 32.7. The van der Waals surface area contributed by atoms with Crippen LogP contribution in [0.25, 0.3) is 0 Å². The van der Waals surface area contributed by atoms with Crippen molar-refractivity contribution in [1.29, 1.82) is 0 Å². The Hall–Kier alpha value is -2.51. The van der Waals surface area contributed by atoms with Crippen LogP contribution in [0.1, 0.15) is 29.6 Å². The molecule has 106 valence electrons. The predicted octanol–water partition coefficient (Wildman–Crippen LogP) is 1.47. The van der Waals surface area contributed by atoms with Crippen LogP contribution < -0.4 is 5.32 Å². The third-order valence-electron chi connectivity index (χ3n) is 3.37. The van der Waals surface area contributed by atoms with E-state index in [1.807, 2.05) is 0 Å². The number of carbonyl (C=O) groups is 2. The van der Waals surface area contributed by atoms with Gasteiger partial charge in [0, 0.05) is 11.6 Å². The van der Waals surface area contributed by atoms with E-state index in [2.05, 4.69) is 5.32 Å². The molecule has 1 aromatic rings. The summed E-state index contributed by atoms with van der Waals surface area (Å²) < 4.78 is 13.2. The third-order valence-corrected chi connectivity index (χ3v) is 3.37. The van der Waals surface area contributed by atoms with Crippen molar-refractivity contribution in [3.05, 3.63) is 39.7 Å². The topological polar surface area (TPSA) is 110 Å². The summed E-state index contributed by atoms with van der Waals surface area (Å²) in [6, 6.07) is 2.67. The zero-order valence-corrected chi connectivity index (χ0v) is 10.3. The standard InChI is InChI=1S/C12H11FN2O5/c13-8-3-2-7(6-9(8)15(19)20)10(16)14-12(11(17)18)4-1-5-12/h2-3,6H,1,4-5H2,(H,14,16)(H,17,18). The number of aliphatic carboxylic acids is 1. The molecular weight excluding hydrogens is 271 g/mol. The van der Waals surface area contributed by atoms with Gasteiger partial charge in [-0.1, -0.05) is 0 Å². The van der Waals surface area contributed by atoms with E-state index in [9.17, 15) is 24.1 Å². The number of nitrogens with one attached hydrogen (secondary N) is 1. The second-order valence-electron chi connectivity index (χ2n) is 4.62. The van der Waals surface area contributed by atoms with Crippen molar-refractivity contribution in [2.75, 3.05) is 0 Å². The Kier molecular flexibility index (Phi) is 3.39. The number of carboxylic acid groups (broad SMARTS) is 1. The monoisotopic (exact) mass is 282 g/mol. The number of halogens is 1. The molecular formula is C12H11FN2O5. The SMILES string of the molecule is O=C(NC1(C(=O)O)CCC1)c1ccc(F)c([N+](=O)[O-])c1. The highest BCUT2D eigenvalue weighted by atomic mass is 19.1. The fourth-order valence-corrected chi connectivity index (χ4v) is 2.01. The van der Waals surface area contributed by atoms with Gasteiger partial charge in [0.25, 0.3) is 5.91 Å². The number of nitro benzene ring substituents is 1. The lowest BCUT2D eigenvalue weighted by Gasteiger charge is -2.38. The van der Waals surface area contributed by atoms with E-state index in [-0.39, 0.29) is 5.56 Å². The molecule has 0 heterocycles.